The number of carbonyl (C=O) groups excluding carboxylic acids is 3. The third-order valence-electron chi connectivity index (χ3n) is 11.1. The van der Waals surface area contributed by atoms with Gasteiger partial charge in [-0.1, -0.05) is 41.7 Å². The number of likely N-dealkylation sites (tertiary alicyclic amines) is 1. The third kappa shape index (κ3) is 10.3. The number of piperidine rings is 1. The fourth-order valence-corrected chi connectivity index (χ4v) is 9.04. The summed E-state index contributed by atoms with van der Waals surface area (Å²) < 4.78 is 18.3. The fraction of sp³-hybridized carbons (Fsp3) is 0.426. The highest BCUT2D eigenvalue weighted by Gasteiger charge is 2.29. The quantitative estimate of drug-likeness (QED) is 0.0909. The highest BCUT2D eigenvalue weighted by molar-refractivity contribution is 7.22. The molecule has 0 saturated carbocycles. The third-order valence-corrected chi connectivity index (χ3v) is 12.1. The molecular formula is C47H55N5O6S. The minimum Gasteiger partial charge on any atom is -0.494 e. The zero-order valence-corrected chi connectivity index (χ0v) is 35.8. The summed E-state index contributed by atoms with van der Waals surface area (Å²) in [7, 11) is 0. The van der Waals surface area contributed by atoms with E-state index in [1.165, 1.54) is 11.3 Å². The maximum atomic E-state index is 13.9. The molecule has 12 heteroatoms. The van der Waals surface area contributed by atoms with Gasteiger partial charge in [0.1, 0.15) is 17.2 Å². The summed E-state index contributed by atoms with van der Waals surface area (Å²) >= 11 is 1.45. The molecule has 0 aliphatic carbocycles. The van der Waals surface area contributed by atoms with Gasteiger partial charge in [-0.15, -0.1) is 0 Å². The van der Waals surface area contributed by atoms with Crippen molar-refractivity contribution in [2.75, 3.05) is 43.1 Å². The first-order valence-electron chi connectivity index (χ1n) is 20.8. The second kappa shape index (κ2) is 18.3. The number of hydrogen-bond donors (Lipinski definition) is 1. The monoisotopic (exact) mass is 817 g/mol. The topological polar surface area (TPSA) is 123 Å². The van der Waals surface area contributed by atoms with Crippen LogP contribution in [0.15, 0.2) is 72.8 Å². The number of thiazole rings is 1. The number of anilines is 2. The summed E-state index contributed by atoms with van der Waals surface area (Å²) in [6.07, 6.45) is 4.88. The average Bonchev–Trinajstić information content (AvgIpc) is 3.62. The standard InChI is InChI=1S/C47H55N5O6S/c1-7-56-42(53)29-51-23-21-32(27-31(51)3)12-11-25-57-34-17-18-35(30(2)26-34)36-19-20-41(49-43(36)45(55)58-47(4,5)6)52-24-22-33-13-10-14-37(38(33)28-52)44(54)50-46-48-39-15-8-9-16-40(39)59-46/h8-10,13-20,26,31-32H,7,11-12,21-25,27-29H2,1-6H3,(H,48,50,54)/t31-,32-/m1/s1. The first kappa shape index (κ1) is 41.8. The molecule has 0 spiro atoms. The summed E-state index contributed by atoms with van der Waals surface area (Å²) in [5.41, 5.74) is 5.53. The molecule has 59 heavy (non-hydrogen) atoms. The SMILES string of the molecule is CCOC(=O)CN1CC[C@@H](CCCOc2ccc(-c3ccc(N4CCc5cccc(C(=O)Nc6nc7ccccc7s6)c5C4)nc3C(=O)OC(C)(C)C)c(C)c2)C[C@H]1C. The number of ether oxygens (including phenoxy) is 3. The molecule has 3 aromatic carbocycles. The number of pyridine rings is 1. The van der Waals surface area contributed by atoms with Crippen LogP contribution in [-0.2, 0) is 27.2 Å². The van der Waals surface area contributed by atoms with Crippen LogP contribution in [0.25, 0.3) is 21.3 Å². The molecule has 1 N–H and O–H groups in total. The van der Waals surface area contributed by atoms with E-state index in [4.69, 9.17) is 19.2 Å². The number of aromatic nitrogens is 2. The molecule has 1 amide bonds. The molecule has 0 unspecified atom stereocenters. The van der Waals surface area contributed by atoms with E-state index in [-0.39, 0.29) is 17.6 Å². The molecule has 0 bridgehead atoms. The Labute approximate surface area is 351 Å². The Morgan fingerprint density at radius 2 is 1.78 bits per heavy atom. The maximum absolute atomic E-state index is 13.9. The first-order chi connectivity index (χ1) is 28.3. The van der Waals surface area contributed by atoms with Gasteiger partial charge in [0, 0.05) is 30.3 Å². The minimum absolute atomic E-state index is 0.147. The van der Waals surface area contributed by atoms with Crippen LogP contribution in [0.2, 0.25) is 0 Å². The highest BCUT2D eigenvalue weighted by Crippen LogP contribution is 2.34. The van der Waals surface area contributed by atoms with Gasteiger partial charge in [-0.25, -0.2) is 14.8 Å². The Kier molecular flexibility index (Phi) is 13.0. The number of carbonyl (C=O) groups is 3. The van der Waals surface area contributed by atoms with E-state index in [1.54, 1.807) is 0 Å². The van der Waals surface area contributed by atoms with Crippen LogP contribution in [0.1, 0.15) is 97.8 Å². The second-order valence-corrected chi connectivity index (χ2v) is 17.6. The van der Waals surface area contributed by atoms with E-state index in [0.29, 0.717) is 66.9 Å². The molecule has 1 saturated heterocycles. The molecule has 2 aliphatic rings. The van der Waals surface area contributed by atoms with Gasteiger partial charge in [-0.2, -0.15) is 0 Å². The Hall–Kier alpha value is -5.33. The van der Waals surface area contributed by atoms with Crippen molar-refractivity contribution in [3.8, 4) is 16.9 Å². The lowest BCUT2D eigenvalue weighted by atomic mass is 9.88. The maximum Gasteiger partial charge on any atom is 0.358 e. The normalized spacial score (nSPS) is 17.0. The number of esters is 2. The Morgan fingerprint density at radius 1 is 0.966 bits per heavy atom. The van der Waals surface area contributed by atoms with Crippen LogP contribution >= 0.6 is 11.3 Å². The Bertz CT molecular complexity index is 2290. The minimum atomic E-state index is -0.716. The van der Waals surface area contributed by atoms with Crippen LogP contribution in [0.5, 0.6) is 5.75 Å². The van der Waals surface area contributed by atoms with Crippen molar-refractivity contribution < 1.29 is 28.6 Å². The second-order valence-electron chi connectivity index (χ2n) is 16.6. The fourth-order valence-electron chi connectivity index (χ4n) is 8.18. The van der Waals surface area contributed by atoms with Crippen LogP contribution < -0.4 is 15.0 Å². The van der Waals surface area contributed by atoms with Crippen molar-refractivity contribution in [1.82, 2.24) is 14.9 Å². The van der Waals surface area contributed by atoms with Crippen molar-refractivity contribution in [2.24, 2.45) is 5.92 Å². The van der Waals surface area contributed by atoms with Gasteiger partial charge in [0.15, 0.2) is 10.8 Å². The van der Waals surface area contributed by atoms with E-state index in [2.05, 4.69) is 33.1 Å². The summed E-state index contributed by atoms with van der Waals surface area (Å²) in [4.78, 5) is 53.4. The number of aryl methyl sites for hydroxylation is 1. The van der Waals surface area contributed by atoms with Crippen molar-refractivity contribution in [2.45, 2.75) is 91.8 Å². The molecule has 2 atom stereocenters. The number of benzene rings is 3. The van der Waals surface area contributed by atoms with Crippen molar-refractivity contribution in [3.63, 3.8) is 0 Å². The van der Waals surface area contributed by atoms with Crippen LogP contribution in [-0.4, -0.2) is 77.2 Å². The van der Waals surface area contributed by atoms with E-state index in [9.17, 15) is 14.4 Å². The predicted molar refractivity (Wildman–Crippen MR) is 233 cm³/mol. The lowest BCUT2D eigenvalue weighted by Gasteiger charge is -2.37. The number of rotatable bonds is 13. The molecule has 310 valence electrons. The molecule has 0 radical (unpaired) electrons. The van der Waals surface area contributed by atoms with E-state index in [0.717, 1.165) is 76.9 Å². The molecule has 4 heterocycles. The zero-order chi connectivity index (χ0) is 41.7. The largest absolute Gasteiger partial charge is 0.494 e. The average molecular weight is 818 g/mol. The molecule has 7 rings (SSSR count). The molecule has 11 nitrogen and oxygen atoms in total. The van der Waals surface area contributed by atoms with E-state index in [1.807, 2.05) is 101 Å². The molecule has 2 aromatic heterocycles. The number of fused-ring (bicyclic) bond motifs is 2. The predicted octanol–water partition coefficient (Wildman–Crippen LogP) is 9.26. The van der Waals surface area contributed by atoms with Gasteiger partial charge >= 0.3 is 11.9 Å². The van der Waals surface area contributed by atoms with Gasteiger partial charge in [0.2, 0.25) is 0 Å². The molecule has 1 fully saturated rings. The first-order valence-corrected chi connectivity index (χ1v) is 21.6. The zero-order valence-electron chi connectivity index (χ0n) is 35.0. The lowest BCUT2D eigenvalue weighted by molar-refractivity contribution is -0.145. The van der Waals surface area contributed by atoms with Gasteiger partial charge in [0.05, 0.1) is 30.0 Å². The van der Waals surface area contributed by atoms with Crippen LogP contribution in [0.3, 0.4) is 0 Å². The summed E-state index contributed by atoms with van der Waals surface area (Å²) in [6, 6.07) is 23.9. The Balaban J connectivity index is 1.03. The van der Waals surface area contributed by atoms with Gasteiger partial charge in [-0.05, 0) is 151 Å². The van der Waals surface area contributed by atoms with Crippen LogP contribution in [0, 0.1) is 12.8 Å². The van der Waals surface area contributed by atoms with Crippen molar-refractivity contribution in [3.05, 3.63) is 101 Å². The summed E-state index contributed by atoms with van der Waals surface area (Å²) in [5.74, 6) is 1.17. The van der Waals surface area contributed by atoms with Gasteiger partial charge in [0.25, 0.3) is 5.91 Å². The van der Waals surface area contributed by atoms with Gasteiger partial charge in [-0.3, -0.25) is 19.8 Å². The number of para-hydroxylation sites is 1. The number of nitrogens with one attached hydrogen (secondary N) is 1. The van der Waals surface area contributed by atoms with E-state index >= 15 is 0 Å². The molecule has 5 aromatic rings. The molecule has 2 aliphatic heterocycles. The van der Waals surface area contributed by atoms with Gasteiger partial charge < -0.3 is 19.1 Å². The smallest absolute Gasteiger partial charge is 0.358 e. The number of nitrogens with zero attached hydrogens (tertiary/aromatic N) is 4. The van der Waals surface area contributed by atoms with Crippen molar-refractivity contribution in [1.29, 1.82) is 0 Å². The Morgan fingerprint density at radius 3 is 2.54 bits per heavy atom. The summed E-state index contributed by atoms with van der Waals surface area (Å²) in [6.45, 7) is 15.0. The number of hydrogen-bond acceptors (Lipinski definition) is 11. The van der Waals surface area contributed by atoms with Crippen molar-refractivity contribution >= 4 is 50.3 Å². The number of amides is 1. The lowest BCUT2D eigenvalue weighted by Crippen LogP contribution is -2.43. The van der Waals surface area contributed by atoms with E-state index < -0.39 is 11.6 Å². The van der Waals surface area contributed by atoms with Crippen LogP contribution in [0.4, 0.5) is 10.9 Å². The summed E-state index contributed by atoms with van der Waals surface area (Å²) in [5, 5.41) is 3.58. The highest BCUT2D eigenvalue weighted by atomic mass is 32.1. The molecular weight excluding hydrogens is 763 g/mol.